The van der Waals surface area contributed by atoms with E-state index in [1.807, 2.05) is 0 Å². The molecule has 5 rings (SSSR count). The number of carbonyl (C=O) groups excluding carboxylic acids is 2. The van der Waals surface area contributed by atoms with E-state index in [2.05, 4.69) is 54.5 Å². The van der Waals surface area contributed by atoms with Gasteiger partial charge < -0.3 is 9.84 Å². The fraction of sp³-hybridized carbons (Fsp3) is 0.871. The van der Waals surface area contributed by atoms with E-state index in [4.69, 9.17) is 4.74 Å². The highest BCUT2D eigenvalue weighted by molar-refractivity contribution is 5.95. The predicted molar refractivity (Wildman–Crippen MR) is 137 cm³/mol. The first-order valence-electron chi connectivity index (χ1n) is 14.1. The van der Waals surface area contributed by atoms with Gasteiger partial charge in [0.1, 0.15) is 0 Å². The number of hydrogen-bond acceptors (Lipinski definition) is 4. The zero-order chi connectivity index (χ0) is 25.8. The molecule has 4 nitrogen and oxygen atoms in total. The summed E-state index contributed by atoms with van der Waals surface area (Å²) in [6, 6.07) is 0. The van der Waals surface area contributed by atoms with Gasteiger partial charge in [0.15, 0.2) is 5.78 Å². The lowest BCUT2D eigenvalue weighted by atomic mass is 9.33. The fourth-order valence-electron chi connectivity index (χ4n) is 10.6. The molecule has 0 heterocycles. The van der Waals surface area contributed by atoms with Gasteiger partial charge in [0.2, 0.25) is 0 Å². The van der Waals surface area contributed by atoms with Crippen molar-refractivity contribution in [1.82, 2.24) is 0 Å². The molecular weight excluding hydrogens is 436 g/mol. The van der Waals surface area contributed by atoms with Crippen LogP contribution in [0.25, 0.3) is 0 Å². The molecule has 0 radical (unpaired) electrons. The maximum atomic E-state index is 14.3. The molecule has 0 aliphatic heterocycles. The number of carbonyl (C=O) groups is 2. The second kappa shape index (κ2) is 7.45. The van der Waals surface area contributed by atoms with Crippen molar-refractivity contribution < 1.29 is 19.4 Å². The molecule has 35 heavy (non-hydrogen) atoms. The minimum absolute atomic E-state index is 0.00536. The van der Waals surface area contributed by atoms with Crippen LogP contribution in [-0.2, 0) is 14.3 Å². The molecule has 0 aromatic carbocycles. The van der Waals surface area contributed by atoms with Crippen LogP contribution in [0.2, 0.25) is 0 Å². The molecular formula is C31H48O4. The van der Waals surface area contributed by atoms with Crippen molar-refractivity contribution in [2.45, 2.75) is 112 Å². The second-order valence-electron chi connectivity index (χ2n) is 15.1. The molecule has 0 amide bonds. The third-order valence-corrected chi connectivity index (χ3v) is 13.2. The number of aliphatic hydroxyl groups is 1. The molecule has 0 aromatic heterocycles. The van der Waals surface area contributed by atoms with Gasteiger partial charge >= 0.3 is 5.97 Å². The lowest BCUT2D eigenvalue weighted by Crippen LogP contribution is -2.66. The van der Waals surface area contributed by atoms with E-state index in [0.29, 0.717) is 11.7 Å². The number of fused-ring (bicyclic) bond motifs is 7. The maximum absolute atomic E-state index is 14.3. The molecule has 5 aliphatic rings. The van der Waals surface area contributed by atoms with E-state index in [1.165, 1.54) is 12.7 Å². The summed E-state index contributed by atoms with van der Waals surface area (Å²) in [5, 5.41) is 10.9. The number of allylic oxidation sites excluding steroid dienone is 2. The van der Waals surface area contributed by atoms with Crippen LogP contribution in [0, 0.1) is 50.2 Å². The Bertz CT molecular complexity index is 980. The van der Waals surface area contributed by atoms with Gasteiger partial charge in [0, 0.05) is 5.92 Å². The minimum atomic E-state index is -0.480. The first-order valence-corrected chi connectivity index (χ1v) is 14.1. The number of rotatable bonds is 1. The summed E-state index contributed by atoms with van der Waals surface area (Å²) in [5.74, 6) is 0.805. The summed E-state index contributed by atoms with van der Waals surface area (Å²) in [5.41, 5.74) is 0.590. The van der Waals surface area contributed by atoms with Gasteiger partial charge in [-0.15, -0.1) is 0 Å². The van der Waals surface area contributed by atoms with Crippen LogP contribution in [0.1, 0.15) is 106 Å². The van der Waals surface area contributed by atoms with E-state index in [-0.39, 0.29) is 51.0 Å². The summed E-state index contributed by atoms with van der Waals surface area (Å²) in [6.45, 7) is 16.2. The van der Waals surface area contributed by atoms with Crippen LogP contribution in [-0.4, -0.2) is 30.1 Å². The summed E-state index contributed by atoms with van der Waals surface area (Å²) >= 11 is 0. The monoisotopic (exact) mass is 484 g/mol. The molecule has 196 valence electrons. The predicted octanol–water partition coefficient (Wildman–Crippen LogP) is 6.50. The van der Waals surface area contributed by atoms with Gasteiger partial charge in [0.25, 0.3) is 0 Å². The van der Waals surface area contributed by atoms with Gasteiger partial charge in [0.05, 0.1) is 18.6 Å². The summed E-state index contributed by atoms with van der Waals surface area (Å²) < 4.78 is 5.25. The van der Waals surface area contributed by atoms with Crippen LogP contribution in [0.4, 0.5) is 0 Å². The topological polar surface area (TPSA) is 63.6 Å². The molecule has 0 saturated heterocycles. The Labute approximate surface area is 212 Å². The standard InChI is InChI=1S/C31H48O4/c1-26(2)22-9-12-31(7)24(29(22,5)11-10-23(26)33)21(32)17-19-20-18-28(4,25(34)35-8)14-13-27(20,3)15-16-30(19,31)6/h17,20,22-24,33H,9-16,18H2,1-8H3/t20-,22?,23-,24?,27+,28-,29-,30+,31+/m0/s1. The molecule has 5 aliphatic carbocycles. The lowest BCUT2D eigenvalue weighted by Gasteiger charge is -2.70. The highest BCUT2D eigenvalue weighted by Crippen LogP contribution is 2.75. The number of ether oxygens (including phenoxy) is 1. The molecule has 0 aromatic rings. The normalized spacial score (nSPS) is 52.8. The third-order valence-electron chi connectivity index (χ3n) is 13.2. The van der Waals surface area contributed by atoms with Crippen molar-refractivity contribution in [2.24, 2.45) is 50.2 Å². The molecule has 4 heteroatoms. The van der Waals surface area contributed by atoms with Crippen LogP contribution >= 0.6 is 0 Å². The van der Waals surface area contributed by atoms with Crippen LogP contribution < -0.4 is 0 Å². The molecule has 9 atom stereocenters. The average Bonchev–Trinajstić information content (AvgIpc) is 2.78. The van der Waals surface area contributed by atoms with Crippen LogP contribution in [0.3, 0.4) is 0 Å². The van der Waals surface area contributed by atoms with Gasteiger partial charge in [-0.25, -0.2) is 0 Å². The number of aliphatic hydroxyl groups excluding tert-OH is 1. The van der Waals surface area contributed by atoms with Crippen molar-refractivity contribution >= 4 is 11.8 Å². The Morgan fingerprint density at radius 3 is 2.26 bits per heavy atom. The first kappa shape index (κ1) is 25.5. The fourth-order valence-corrected chi connectivity index (χ4v) is 10.6. The van der Waals surface area contributed by atoms with Crippen molar-refractivity contribution in [1.29, 1.82) is 0 Å². The van der Waals surface area contributed by atoms with Crippen molar-refractivity contribution in [2.75, 3.05) is 7.11 Å². The number of esters is 1. The zero-order valence-corrected chi connectivity index (χ0v) is 23.4. The van der Waals surface area contributed by atoms with Gasteiger partial charge in [-0.05, 0) is 110 Å². The zero-order valence-electron chi connectivity index (χ0n) is 23.4. The highest BCUT2D eigenvalue weighted by Gasteiger charge is 2.70. The van der Waals surface area contributed by atoms with Crippen molar-refractivity contribution in [3.63, 3.8) is 0 Å². The van der Waals surface area contributed by atoms with Crippen LogP contribution in [0.15, 0.2) is 11.6 Å². The SMILES string of the molecule is COC(=O)[C@@]1(C)CC[C@]2(C)CC[C@]3(C)C(=CC(=O)C4[C@@]5(C)CC[C@H](O)C(C)(C)C5CC[C@]43C)[C@@H]2C1. The Morgan fingerprint density at radius 1 is 0.943 bits per heavy atom. The summed E-state index contributed by atoms with van der Waals surface area (Å²) in [4.78, 5) is 27.1. The quantitative estimate of drug-likeness (QED) is 0.431. The minimum Gasteiger partial charge on any atom is -0.469 e. The van der Waals surface area contributed by atoms with E-state index in [1.54, 1.807) is 0 Å². The molecule has 0 spiro atoms. The van der Waals surface area contributed by atoms with Gasteiger partial charge in [-0.1, -0.05) is 47.1 Å². The van der Waals surface area contributed by atoms with E-state index in [0.717, 1.165) is 57.8 Å². The average molecular weight is 485 g/mol. The molecule has 4 fully saturated rings. The number of methoxy groups -OCH3 is 1. The van der Waals surface area contributed by atoms with Crippen molar-refractivity contribution in [3.05, 3.63) is 11.6 Å². The maximum Gasteiger partial charge on any atom is 0.311 e. The molecule has 0 bridgehead atoms. The highest BCUT2D eigenvalue weighted by atomic mass is 16.5. The Hall–Kier alpha value is -1.16. The van der Waals surface area contributed by atoms with E-state index in [9.17, 15) is 14.7 Å². The number of hydrogen-bond donors (Lipinski definition) is 1. The van der Waals surface area contributed by atoms with Crippen LogP contribution in [0.5, 0.6) is 0 Å². The first-order chi connectivity index (χ1) is 16.1. The Balaban J connectivity index is 1.61. The molecule has 4 saturated carbocycles. The summed E-state index contributed by atoms with van der Waals surface area (Å²) in [7, 11) is 1.50. The van der Waals surface area contributed by atoms with Gasteiger partial charge in [-0.3, -0.25) is 9.59 Å². The number of ketones is 1. The Kier molecular flexibility index (Phi) is 5.43. The molecule has 2 unspecified atom stereocenters. The van der Waals surface area contributed by atoms with Gasteiger partial charge in [-0.2, -0.15) is 0 Å². The van der Waals surface area contributed by atoms with E-state index < -0.39 is 5.41 Å². The Morgan fingerprint density at radius 2 is 1.60 bits per heavy atom. The smallest absolute Gasteiger partial charge is 0.311 e. The van der Waals surface area contributed by atoms with Crippen molar-refractivity contribution in [3.8, 4) is 0 Å². The van der Waals surface area contributed by atoms with E-state index >= 15 is 0 Å². The largest absolute Gasteiger partial charge is 0.469 e. The molecule has 1 N–H and O–H groups in total. The summed E-state index contributed by atoms with van der Waals surface area (Å²) in [6.07, 6.45) is 10.5. The lowest BCUT2D eigenvalue weighted by molar-refractivity contribution is -0.202. The second-order valence-corrected chi connectivity index (χ2v) is 15.1. The third kappa shape index (κ3) is 3.07.